The largest absolute Gasteiger partial charge is 0.465 e. The number of benzene rings is 1. The molecule has 0 spiro atoms. The van der Waals surface area contributed by atoms with Gasteiger partial charge in [-0.25, -0.2) is 0 Å². The van der Waals surface area contributed by atoms with Gasteiger partial charge in [-0.05, 0) is 37.1 Å². The van der Waals surface area contributed by atoms with E-state index >= 15 is 0 Å². The Hall–Kier alpha value is -2.86. The van der Waals surface area contributed by atoms with Gasteiger partial charge in [0.25, 0.3) is 11.8 Å². The second-order valence-corrected chi connectivity index (χ2v) is 5.87. The van der Waals surface area contributed by atoms with Crippen molar-refractivity contribution in [2.75, 3.05) is 13.2 Å². The molecule has 6 heteroatoms. The van der Waals surface area contributed by atoms with Crippen LogP contribution in [0.5, 0.6) is 0 Å². The number of likely N-dealkylation sites (tertiary alicyclic amines) is 1. The third kappa shape index (κ3) is 3.97. The maximum absolute atomic E-state index is 12.9. The zero-order chi connectivity index (χ0) is 17.6. The fourth-order valence-corrected chi connectivity index (χ4v) is 2.90. The minimum Gasteiger partial charge on any atom is -0.465 e. The number of amides is 2. The van der Waals surface area contributed by atoms with Crippen LogP contribution in [0.4, 0.5) is 0 Å². The van der Waals surface area contributed by atoms with Crippen molar-refractivity contribution >= 4 is 17.9 Å². The van der Waals surface area contributed by atoms with E-state index in [1.54, 1.807) is 41.3 Å². The number of hydrogen-bond acceptors (Lipinski definition) is 4. The van der Waals surface area contributed by atoms with Crippen LogP contribution in [0.15, 0.2) is 58.8 Å². The Balaban J connectivity index is 1.85. The van der Waals surface area contributed by atoms with Gasteiger partial charge in [0.1, 0.15) is 11.5 Å². The Morgan fingerprint density at radius 1 is 1.24 bits per heavy atom. The molecular weight excluding hydrogens is 320 g/mol. The van der Waals surface area contributed by atoms with Gasteiger partial charge in [-0.3, -0.25) is 9.59 Å². The molecule has 0 unspecified atom stereocenters. The third-order valence-corrected chi connectivity index (χ3v) is 4.19. The lowest BCUT2D eigenvalue weighted by Crippen LogP contribution is -2.42. The van der Waals surface area contributed by atoms with Crippen molar-refractivity contribution in [2.24, 2.45) is 0 Å². The molecule has 1 aliphatic heterocycles. The molecule has 1 aromatic carbocycles. The third-order valence-electron chi connectivity index (χ3n) is 4.19. The highest BCUT2D eigenvalue weighted by molar-refractivity contribution is 6.05. The summed E-state index contributed by atoms with van der Waals surface area (Å²) in [6.07, 6.45) is 4.59. The van der Waals surface area contributed by atoms with Gasteiger partial charge < -0.3 is 19.7 Å². The van der Waals surface area contributed by atoms with Crippen molar-refractivity contribution in [2.45, 2.75) is 18.9 Å². The summed E-state index contributed by atoms with van der Waals surface area (Å²) in [5.41, 5.74) is 0.588. The number of nitrogens with zero attached hydrogens (tertiary/aromatic N) is 1. The average Bonchev–Trinajstić information content (AvgIpc) is 3.32. The van der Waals surface area contributed by atoms with E-state index in [-0.39, 0.29) is 30.2 Å². The molecule has 0 bridgehead atoms. The Morgan fingerprint density at radius 2 is 2.04 bits per heavy atom. The fourth-order valence-electron chi connectivity index (χ4n) is 2.90. The van der Waals surface area contributed by atoms with Crippen LogP contribution in [0.2, 0.25) is 0 Å². The maximum Gasteiger partial charge on any atom is 0.270 e. The van der Waals surface area contributed by atoms with Crippen LogP contribution in [0.3, 0.4) is 0 Å². The summed E-state index contributed by atoms with van der Waals surface area (Å²) in [5.74, 6) is -0.222. The van der Waals surface area contributed by atoms with Crippen LogP contribution < -0.4 is 5.32 Å². The first kappa shape index (κ1) is 17.0. The van der Waals surface area contributed by atoms with Crippen molar-refractivity contribution in [1.29, 1.82) is 0 Å². The van der Waals surface area contributed by atoms with E-state index in [0.29, 0.717) is 17.9 Å². The van der Waals surface area contributed by atoms with Crippen molar-refractivity contribution in [3.05, 3.63) is 65.7 Å². The number of rotatable bonds is 5. The van der Waals surface area contributed by atoms with Gasteiger partial charge in [0, 0.05) is 18.2 Å². The standard InChI is InChI=1S/C19H20N2O4/c22-13-15-8-4-10-21(15)19(24)17(12-16-9-5-11-25-16)20-18(23)14-6-2-1-3-7-14/h1-3,5-7,9,11-12,15,22H,4,8,10,13H2,(H,20,23)/b17-12-/t15-/m1/s1. The number of hydrogen-bond donors (Lipinski definition) is 2. The number of carbonyl (C=O) groups excluding carboxylic acids is 2. The van der Waals surface area contributed by atoms with Crippen LogP contribution in [0.1, 0.15) is 29.0 Å². The lowest BCUT2D eigenvalue weighted by Gasteiger charge is -2.24. The van der Waals surface area contributed by atoms with Crippen LogP contribution in [0.25, 0.3) is 6.08 Å². The summed E-state index contributed by atoms with van der Waals surface area (Å²) in [7, 11) is 0. The van der Waals surface area contributed by atoms with E-state index in [1.165, 1.54) is 12.3 Å². The van der Waals surface area contributed by atoms with E-state index in [1.807, 2.05) is 6.07 Å². The molecule has 3 rings (SSSR count). The van der Waals surface area contributed by atoms with Crippen LogP contribution >= 0.6 is 0 Å². The highest BCUT2D eigenvalue weighted by atomic mass is 16.3. The molecule has 2 heterocycles. The summed E-state index contributed by atoms with van der Waals surface area (Å²) in [6, 6.07) is 11.9. The molecule has 25 heavy (non-hydrogen) atoms. The smallest absolute Gasteiger partial charge is 0.270 e. The predicted molar refractivity (Wildman–Crippen MR) is 92.4 cm³/mol. The topological polar surface area (TPSA) is 82.8 Å². The van der Waals surface area contributed by atoms with E-state index in [9.17, 15) is 14.7 Å². The van der Waals surface area contributed by atoms with Gasteiger partial charge in [0.05, 0.1) is 18.9 Å². The van der Waals surface area contributed by atoms with E-state index in [0.717, 1.165) is 12.8 Å². The summed E-state index contributed by atoms with van der Waals surface area (Å²) in [4.78, 5) is 26.9. The van der Waals surface area contributed by atoms with E-state index in [4.69, 9.17) is 4.42 Å². The van der Waals surface area contributed by atoms with E-state index in [2.05, 4.69) is 5.32 Å². The van der Waals surface area contributed by atoms with Gasteiger partial charge >= 0.3 is 0 Å². The van der Waals surface area contributed by atoms with Gasteiger partial charge in [-0.15, -0.1) is 0 Å². The lowest BCUT2D eigenvalue weighted by molar-refractivity contribution is -0.128. The fraction of sp³-hybridized carbons (Fsp3) is 0.263. The Kier molecular flexibility index (Phi) is 5.30. The zero-order valence-electron chi connectivity index (χ0n) is 13.7. The second kappa shape index (κ2) is 7.81. The molecule has 6 nitrogen and oxygen atoms in total. The molecule has 0 radical (unpaired) electrons. The molecular formula is C19H20N2O4. The maximum atomic E-state index is 12.9. The average molecular weight is 340 g/mol. The SMILES string of the molecule is O=C(N/C(=C\c1ccco1)C(=O)N1CCC[C@@H]1CO)c1ccccc1. The summed E-state index contributed by atoms with van der Waals surface area (Å²) in [5, 5.41) is 12.1. The van der Waals surface area contributed by atoms with Crippen molar-refractivity contribution in [1.82, 2.24) is 10.2 Å². The molecule has 1 atom stereocenters. The van der Waals surface area contributed by atoms with Crippen molar-refractivity contribution in [3.8, 4) is 0 Å². The van der Waals surface area contributed by atoms with Gasteiger partial charge in [0.15, 0.2) is 0 Å². The molecule has 1 aliphatic rings. The lowest BCUT2D eigenvalue weighted by atomic mass is 10.2. The molecule has 1 aromatic heterocycles. The van der Waals surface area contributed by atoms with Crippen LogP contribution in [-0.2, 0) is 4.79 Å². The number of carbonyl (C=O) groups is 2. The second-order valence-electron chi connectivity index (χ2n) is 5.87. The van der Waals surface area contributed by atoms with Gasteiger partial charge in [-0.2, -0.15) is 0 Å². The number of furan rings is 1. The van der Waals surface area contributed by atoms with Crippen molar-refractivity contribution in [3.63, 3.8) is 0 Å². The first-order chi connectivity index (χ1) is 12.2. The molecule has 2 aromatic rings. The summed E-state index contributed by atoms with van der Waals surface area (Å²) < 4.78 is 5.27. The first-order valence-electron chi connectivity index (χ1n) is 8.22. The number of aliphatic hydroxyl groups excluding tert-OH is 1. The highest BCUT2D eigenvalue weighted by Gasteiger charge is 2.30. The van der Waals surface area contributed by atoms with Crippen LogP contribution in [0, 0.1) is 0 Å². The predicted octanol–water partition coefficient (Wildman–Crippen LogP) is 2.03. The van der Waals surface area contributed by atoms with Gasteiger partial charge in [-0.1, -0.05) is 18.2 Å². The molecule has 1 fully saturated rings. The number of nitrogens with one attached hydrogen (secondary N) is 1. The molecule has 130 valence electrons. The summed E-state index contributed by atoms with van der Waals surface area (Å²) in [6.45, 7) is 0.465. The molecule has 2 amide bonds. The highest BCUT2D eigenvalue weighted by Crippen LogP contribution is 2.20. The Labute approximate surface area is 145 Å². The van der Waals surface area contributed by atoms with E-state index < -0.39 is 0 Å². The van der Waals surface area contributed by atoms with Crippen LogP contribution in [-0.4, -0.2) is 41.0 Å². The quantitative estimate of drug-likeness (QED) is 0.816. The normalized spacial score (nSPS) is 17.6. The Morgan fingerprint density at radius 3 is 2.72 bits per heavy atom. The molecule has 0 saturated carbocycles. The molecule has 1 saturated heterocycles. The summed E-state index contributed by atoms with van der Waals surface area (Å²) >= 11 is 0. The Bertz CT molecular complexity index is 753. The first-order valence-corrected chi connectivity index (χ1v) is 8.22. The van der Waals surface area contributed by atoms with Crippen molar-refractivity contribution < 1.29 is 19.1 Å². The molecule has 0 aliphatic carbocycles. The minimum atomic E-state index is -0.369. The monoisotopic (exact) mass is 340 g/mol. The molecule has 2 N–H and O–H groups in total. The minimum absolute atomic E-state index is 0.0909. The number of aliphatic hydroxyl groups is 1. The zero-order valence-corrected chi connectivity index (χ0v) is 13.7. The van der Waals surface area contributed by atoms with Gasteiger partial charge in [0.2, 0.25) is 0 Å².